The molecule has 0 saturated carbocycles. The number of primary amides is 2. The molecule has 131 heavy (non-hydrogen) atoms. The van der Waals surface area contributed by atoms with Crippen LogP contribution < -0.4 is 65.1 Å². The van der Waals surface area contributed by atoms with E-state index in [0.29, 0.717) is 75.9 Å². The fraction of sp³-hybridized carbons (Fsp3) is 0.540. The summed E-state index contributed by atoms with van der Waals surface area (Å²) in [4.78, 5) is 256. The van der Waals surface area contributed by atoms with E-state index in [2.05, 4.69) is 73.3 Å². The first kappa shape index (κ1) is 102. The number of unbranched alkanes of at least 4 members (excludes halogenated alkanes) is 2. The maximum absolute atomic E-state index is 15.7. The van der Waals surface area contributed by atoms with Crippen molar-refractivity contribution in [2.75, 3.05) is 58.4 Å². The number of phenols is 1. The van der Waals surface area contributed by atoms with E-state index in [1.54, 1.807) is 62.6 Å². The van der Waals surface area contributed by atoms with Crippen LogP contribution in [0.15, 0.2) is 85.2 Å². The number of aliphatic hydroxyl groups excluding tert-OH is 2. The minimum atomic E-state index is -1.81. The molecule has 43 nitrogen and oxygen atoms in total. The first-order valence-corrected chi connectivity index (χ1v) is 45.0. The van der Waals surface area contributed by atoms with Gasteiger partial charge in [0.15, 0.2) is 11.6 Å². The molecule has 3 aliphatic rings. The van der Waals surface area contributed by atoms with Gasteiger partial charge in [0.25, 0.3) is 0 Å². The molecule has 3 aromatic heterocycles. The number of carbonyl (C=O) groups is 17. The summed E-state index contributed by atoms with van der Waals surface area (Å²) in [6, 6.07) is -0.322. The van der Waals surface area contributed by atoms with E-state index in [0.717, 1.165) is 19.6 Å². The Balaban J connectivity index is 1.10. The number of H-pyrrole nitrogens is 2. The lowest BCUT2D eigenvalue weighted by atomic mass is 9.90. The Morgan fingerprint density at radius 2 is 1.20 bits per heavy atom. The number of rotatable bonds is 24. The summed E-state index contributed by atoms with van der Waals surface area (Å²) in [5.41, 5.74) is 20.1. The number of nitrogens with zero attached hydrogens (tertiary/aromatic N) is 8. The summed E-state index contributed by atoms with van der Waals surface area (Å²) in [5, 5.41) is 80.4. The Kier molecular flexibility index (Phi) is 37.4. The number of Topliss-reactive ketones (excluding diaryl/α,β-unsaturated/α-hetero) is 1. The minimum Gasteiger partial charge on any atom is -0.508 e. The molecule has 15 atom stereocenters. The smallest absolute Gasteiger partial charge is 0.303 e. The SMILES string of the molecule is CCCC[C@H]1C(=O)N[C@@H](CCC(=O)O)C(=O)N[C@H](C(=O)NCC(N)=O)CSCC(=O)N[C@@H](Cc2ccc(O)cc2)C(=O)N(C)[C@@H](C)C(=O)N[C@@H](CC(N)=O)C(=O)N2CCC[C@H]2C(=O)N[C@@H](CN)C(=O)N[C@@H](CC(C)C)C(=O)N2C[C@H](O)C[C@H]2C(=O)C[C@@H](Cc2c[nH]c3ccccc23)C(=O)N[C@@H](CO)C(=O)N[C@@H](Cc2c[nH]c3ccccc23)c2nnnn2[C@@H](CCCC)C(=O)N1C. The Morgan fingerprint density at radius 1 is 0.611 bits per heavy atom. The third kappa shape index (κ3) is 27.6. The highest BCUT2D eigenvalue weighted by Crippen LogP contribution is 2.32. The number of hydrogen-bond donors (Lipinski definition) is 18. The van der Waals surface area contributed by atoms with Crippen LogP contribution in [0.5, 0.6) is 5.75 Å². The summed E-state index contributed by atoms with van der Waals surface area (Å²) < 4.78 is 1.19. The molecule has 6 aromatic rings. The third-order valence-electron chi connectivity index (χ3n) is 23.5. The van der Waals surface area contributed by atoms with Gasteiger partial charge in [-0.25, -0.2) is 4.68 Å². The Morgan fingerprint density at radius 3 is 1.82 bits per heavy atom. The molecule has 15 amide bonds. The second-order valence-corrected chi connectivity index (χ2v) is 34.8. The Bertz CT molecular complexity index is 5100. The molecule has 9 rings (SSSR count). The zero-order valence-corrected chi connectivity index (χ0v) is 75.1. The Labute approximate surface area is 759 Å². The lowest BCUT2D eigenvalue weighted by Gasteiger charge is -2.32. The number of carboxylic acids is 1. The fourth-order valence-electron chi connectivity index (χ4n) is 16.3. The number of aromatic nitrogens is 6. The lowest BCUT2D eigenvalue weighted by molar-refractivity contribution is -0.145. The topological polar surface area (TPSA) is 646 Å². The van der Waals surface area contributed by atoms with Crippen molar-refractivity contribution in [3.63, 3.8) is 0 Å². The van der Waals surface area contributed by atoms with Crippen molar-refractivity contribution >= 4 is 134 Å². The van der Waals surface area contributed by atoms with Crippen LogP contribution in [0.4, 0.5) is 0 Å². The van der Waals surface area contributed by atoms with Gasteiger partial charge in [0, 0.05) is 112 Å². The van der Waals surface area contributed by atoms with Crippen LogP contribution in [0.2, 0.25) is 0 Å². The second kappa shape index (κ2) is 48.1. The molecule has 2 fully saturated rings. The standard InChI is InChI=1S/C87H120N22O21S/c1-8-10-21-66-82(125)95-58(28-29-74(117)118)79(122)101-65(78(121)93-41-72(90)115)44-131-45-73(116)94-61(32-48-24-26-52(111)27-25-48)84(127)105(6)47(5)76(119)97-62(37-71(89)114)85(128)107-30-16-23-67(107)83(126)99-63(38-88)80(123)98-60(31-46(3)4)86(129)108-42-53(112)36-69(108)70(113)35-49(33-50-39-91-56-19-14-12-17-54(50)56)77(120)100-64(43-110)81(124)96-59(34-51-40-92-57-20-15-13-18-55(51)57)75-102-103-104-109(75)68(22-11-9-2)87(130)106(66)7/h12-15,17-20,24-27,39-40,46-47,49,53,58-69,91-92,110-112H,8-11,16,21-23,28-38,41-45,88H2,1-7H3,(H2,89,114)(H2,90,115)(H,93,121)(H,94,116)(H,95,125)(H,96,124)(H,97,119)(H,98,123)(H,99,126)(H,100,120)(H,101,122)(H,117,118)/t47-,49+,53+,58-,59-,60-,61-,62-,63-,64-,65-,66-,67-,68-,69-/m0/s1. The number of likely N-dealkylation sites (N-methyl/N-ethyl adjacent to an activating group) is 2. The number of carbonyl (C=O) groups excluding carboxylic acids is 16. The van der Waals surface area contributed by atoms with E-state index in [9.17, 15) is 73.2 Å². The zero-order chi connectivity index (χ0) is 95.6. The second-order valence-electron chi connectivity index (χ2n) is 33.7. The summed E-state index contributed by atoms with van der Waals surface area (Å²) >= 11 is 0.715. The van der Waals surface area contributed by atoms with Crippen molar-refractivity contribution in [3.05, 3.63) is 108 Å². The third-order valence-corrected chi connectivity index (χ3v) is 24.6. The predicted octanol–water partition coefficient (Wildman–Crippen LogP) is -2.17. The molecule has 21 N–H and O–H groups in total. The van der Waals surface area contributed by atoms with Crippen LogP contribution in [0.3, 0.4) is 0 Å². The number of aromatic hydroxyl groups is 1. The number of fused-ring (bicyclic) bond motifs is 5. The molecular weight excluding hydrogens is 1720 g/mol. The summed E-state index contributed by atoms with van der Waals surface area (Å²) in [7, 11) is 2.52. The lowest BCUT2D eigenvalue weighted by Crippen LogP contribution is -2.61. The van der Waals surface area contributed by atoms with Gasteiger partial charge in [0.1, 0.15) is 72.2 Å². The van der Waals surface area contributed by atoms with Crippen LogP contribution in [0.1, 0.15) is 159 Å². The number of nitrogens with two attached hydrogens (primary N) is 3. The highest BCUT2D eigenvalue weighted by molar-refractivity contribution is 8.00. The van der Waals surface area contributed by atoms with Crippen molar-refractivity contribution in [2.24, 2.45) is 29.0 Å². The summed E-state index contributed by atoms with van der Waals surface area (Å²) in [6.07, 6.45) is -0.122. The average Bonchev–Trinajstić information content (AvgIpc) is 1.63. The molecule has 6 heterocycles. The molecule has 710 valence electrons. The number of tetrazole rings is 1. The van der Waals surface area contributed by atoms with Crippen LogP contribution in [-0.4, -0.2) is 302 Å². The quantitative estimate of drug-likeness (QED) is 0.0307. The van der Waals surface area contributed by atoms with Gasteiger partial charge in [-0.1, -0.05) is 102 Å². The molecule has 3 aromatic carbocycles. The number of carboxylic acid groups (broad SMARTS) is 1. The first-order valence-electron chi connectivity index (χ1n) is 43.8. The number of hydrogen-bond acceptors (Lipinski definition) is 25. The van der Waals surface area contributed by atoms with E-state index in [1.165, 1.54) is 50.0 Å². The largest absolute Gasteiger partial charge is 0.508 e. The van der Waals surface area contributed by atoms with Gasteiger partial charge in [-0.15, -0.1) is 16.9 Å². The van der Waals surface area contributed by atoms with Crippen molar-refractivity contribution < 1.29 is 102 Å². The molecule has 0 unspecified atom stereocenters. The molecule has 0 radical (unpaired) electrons. The van der Waals surface area contributed by atoms with Crippen molar-refractivity contribution in [1.82, 2.24) is 97.6 Å². The number of para-hydroxylation sites is 2. The van der Waals surface area contributed by atoms with Crippen LogP contribution >= 0.6 is 11.8 Å². The van der Waals surface area contributed by atoms with Crippen LogP contribution in [0, 0.1) is 11.8 Å². The average molecular weight is 1840 g/mol. The van der Waals surface area contributed by atoms with Gasteiger partial charge in [0.2, 0.25) is 88.6 Å². The number of thioether (sulfide) groups is 1. The number of phenolic OH excluding ortho intramolecular Hbond substituents is 1. The summed E-state index contributed by atoms with van der Waals surface area (Å²) in [6.45, 7) is 5.48. The molecule has 3 aliphatic heterocycles. The predicted molar refractivity (Wildman–Crippen MR) is 475 cm³/mol. The zero-order valence-electron chi connectivity index (χ0n) is 74.2. The highest BCUT2D eigenvalue weighted by Gasteiger charge is 2.46. The maximum atomic E-state index is 15.7. The molecule has 44 heteroatoms. The van der Waals surface area contributed by atoms with E-state index in [1.807, 2.05) is 26.0 Å². The number of ketones is 1. The highest BCUT2D eigenvalue weighted by atomic mass is 32.2. The molecule has 0 bridgehead atoms. The van der Waals surface area contributed by atoms with Gasteiger partial charge in [-0.2, -0.15) is 0 Å². The monoisotopic (exact) mass is 1840 g/mol. The number of aliphatic carboxylic acids is 1. The van der Waals surface area contributed by atoms with Crippen LogP contribution in [0.25, 0.3) is 21.8 Å². The van der Waals surface area contributed by atoms with Crippen molar-refractivity contribution in [3.8, 4) is 5.75 Å². The van der Waals surface area contributed by atoms with Gasteiger partial charge in [-0.3, -0.25) is 81.5 Å². The van der Waals surface area contributed by atoms with Gasteiger partial charge >= 0.3 is 5.97 Å². The van der Waals surface area contributed by atoms with Gasteiger partial charge in [-0.05, 0) is 109 Å². The number of benzene rings is 3. The number of aliphatic hydroxyl groups is 2. The van der Waals surface area contributed by atoms with Gasteiger partial charge < -0.3 is 115 Å². The van der Waals surface area contributed by atoms with E-state index in [-0.39, 0.29) is 81.8 Å². The molecular formula is C87H120N22O21S. The van der Waals surface area contributed by atoms with E-state index >= 15 is 28.8 Å². The first-order chi connectivity index (χ1) is 62.4. The maximum Gasteiger partial charge on any atom is 0.303 e. The number of aromatic amines is 2. The van der Waals surface area contributed by atoms with Crippen molar-refractivity contribution in [1.29, 1.82) is 0 Å². The number of nitrogens with one attached hydrogen (secondary N) is 11. The normalized spacial score (nSPS) is 25.0. The fourth-order valence-corrected chi connectivity index (χ4v) is 17.2. The number of amides is 15. The van der Waals surface area contributed by atoms with Gasteiger partial charge in [0.05, 0.1) is 43.5 Å². The summed E-state index contributed by atoms with van der Waals surface area (Å²) in [5.74, 6) is -19.7. The minimum absolute atomic E-state index is 0.000503. The van der Waals surface area contributed by atoms with Crippen molar-refractivity contribution in [2.45, 2.75) is 228 Å². The van der Waals surface area contributed by atoms with E-state index < -0.39 is 254 Å². The van der Waals surface area contributed by atoms with E-state index in [4.69, 9.17) is 17.2 Å². The molecule has 0 aliphatic carbocycles. The Hall–Kier alpha value is -13.0. The van der Waals surface area contributed by atoms with Crippen LogP contribution in [-0.2, 0) is 101 Å². The molecule has 0 spiro atoms. The molecule has 2 saturated heterocycles.